The van der Waals surface area contributed by atoms with Crippen molar-refractivity contribution in [1.29, 1.82) is 5.41 Å². The minimum Gasteiger partial charge on any atom is -0.392 e. The molecule has 1 rings (SSSR count). The average molecular weight is 268 g/mol. The zero-order chi connectivity index (χ0) is 11.5. The molecule has 0 amide bonds. The molecule has 0 spiro atoms. The molecule has 1 aromatic rings. The second kappa shape index (κ2) is 9.37. The van der Waals surface area contributed by atoms with Crippen molar-refractivity contribution in [3.05, 3.63) is 60.7 Å². The first-order valence-corrected chi connectivity index (χ1v) is 5.18. The maximum Gasteiger partial charge on any atom is 0.0966 e. The third kappa shape index (κ3) is 9.12. The van der Waals surface area contributed by atoms with Gasteiger partial charge in [0.05, 0.1) is 11.2 Å². The predicted molar refractivity (Wildman–Crippen MR) is 68.4 cm³/mol. The molecule has 0 saturated heterocycles. The molecule has 0 unspecified atom stereocenters. The van der Waals surface area contributed by atoms with Gasteiger partial charge in [-0.1, -0.05) is 49.1 Å². The SMILES string of the molecule is C=C/C=C\C(=N)Br.OCc1ccccc1. The number of aliphatic hydroxyl groups excluding tert-OH is 1. The van der Waals surface area contributed by atoms with Crippen LogP contribution in [0.4, 0.5) is 0 Å². The molecule has 0 aliphatic carbocycles. The Morgan fingerprint density at radius 3 is 2.27 bits per heavy atom. The molecule has 0 heterocycles. The minimum atomic E-state index is 0.140. The Labute approximate surface area is 98.6 Å². The summed E-state index contributed by atoms with van der Waals surface area (Å²) in [6.07, 6.45) is 4.92. The maximum atomic E-state index is 8.54. The maximum absolute atomic E-state index is 8.54. The van der Waals surface area contributed by atoms with Crippen LogP contribution in [0.3, 0.4) is 0 Å². The molecule has 3 heteroatoms. The van der Waals surface area contributed by atoms with E-state index in [-0.39, 0.29) is 6.61 Å². The van der Waals surface area contributed by atoms with Crippen LogP contribution in [0, 0.1) is 5.41 Å². The molecule has 1 aromatic carbocycles. The summed E-state index contributed by atoms with van der Waals surface area (Å²) in [6.45, 7) is 3.57. The molecule has 15 heavy (non-hydrogen) atoms. The van der Waals surface area contributed by atoms with Crippen molar-refractivity contribution < 1.29 is 5.11 Å². The summed E-state index contributed by atoms with van der Waals surface area (Å²) >= 11 is 2.92. The normalized spacial score (nSPS) is 9.20. The Balaban J connectivity index is 0.000000265. The van der Waals surface area contributed by atoms with Crippen molar-refractivity contribution in [2.24, 2.45) is 0 Å². The first-order chi connectivity index (χ1) is 7.20. The van der Waals surface area contributed by atoms with E-state index in [1.54, 1.807) is 18.2 Å². The highest BCUT2D eigenvalue weighted by Crippen LogP contribution is 1.95. The predicted octanol–water partition coefficient (Wildman–Crippen LogP) is 3.28. The van der Waals surface area contributed by atoms with Gasteiger partial charge in [-0.3, -0.25) is 5.41 Å². The van der Waals surface area contributed by atoms with Gasteiger partial charge in [-0.05, 0) is 27.6 Å². The molecule has 0 bridgehead atoms. The fourth-order valence-electron chi connectivity index (χ4n) is 0.736. The van der Waals surface area contributed by atoms with Crippen LogP contribution in [0.25, 0.3) is 0 Å². The average Bonchev–Trinajstić information content (AvgIpc) is 2.28. The number of aliphatic hydroxyl groups is 1. The third-order valence-corrected chi connectivity index (χ3v) is 1.67. The number of halogens is 1. The Bertz CT molecular complexity index is 320. The van der Waals surface area contributed by atoms with Crippen molar-refractivity contribution >= 4 is 20.6 Å². The molecule has 0 atom stereocenters. The Morgan fingerprint density at radius 1 is 1.40 bits per heavy atom. The van der Waals surface area contributed by atoms with E-state index in [4.69, 9.17) is 10.5 Å². The standard InChI is InChI=1S/C7H8O.C5H6BrN/c8-6-7-4-2-1-3-5-7;1-2-3-4-5(6)7/h1-5,8H,6H2;2-4,7H,1H2/b;4-3-,7-5?. The van der Waals surface area contributed by atoms with Crippen molar-refractivity contribution in [2.45, 2.75) is 6.61 Å². The lowest BCUT2D eigenvalue weighted by atomic mass is 10.2. The van der Waals surface area contributed by atoms with Crippen LogP contribution in [0.15, 0.2) is 55.1 Å². The summed E-state index contributed by atoms with van der Waals surface area (Å²) in [6, 6.07) is 9.52. The molecule has 0 saturated carbocycles. The number of allylic oxidation sites excluding steroid dienone is 3. The second-order valence-corrected chi connectivity index (χ2v) is 3.44. The highest BCUT2D eigenvalue weighted by atomic mass is 79.9. The number of rotatable bonds is 3. The summed E-state index contributed by atoms with van der Waals surface area (Å²) in [5.74, 6) is 0. The van der Waals surface area contributed by atoms with Gasteiger partial charge in [-0.25, -0.2) is 0 Å². The first kappa shape index (κ1) is 13.8. The van der Waals surface area contributed by atoms with Gasteiger partial charge in [0.15, 0.2) is 0 Å². The highest BCUT2D eigenvalue weighted by Gasteiger charge is 1.81. The molecule has 0 fully saturated rings. The minimum absolute atomic E-state index is 0.140. The van der Waals surface area contributed by atoms with E-state index in [2.05, 4.69) is 22.5 Å². The lowest BCUT2D eigenvalue weighted by Crippen LogP contribution is -1.77. The Morgan fingerprint density at radius 2 is 2.00 bits per heavy atom. The molecule has 0 aromatic heterocycles. The van der Waals surface area contributed by atoms with Gasteiger partial charge < -0.3 is 5.11 Å². The van der Waals surface area contributed by atoms with Crippen LogP contribution >= 0.6 is 15.9 Å². The van der Waals surface area contributed by atoms with Crippen LogP contribution in [0.2, 0.25) is 0 Å². The van der Waals surface area contributed by atoms with Crippen molar-refractivity contribution in [1.82, 2.24) is 0 Å². The monoisotopic (exact) mass is 267 g/mol. The van der Waals surface area contributed by atoms with E-state index in [0.717, 1.165) is 5.56 Å². The number of benzene rings is 1. The van der Waals surface area contributed by atoms with E-state index in [0.29, 0.717) is 4.62 Å². The fraction of sp³-hybridized carbons (Fsp3) is 0.0833. The van der Waals surface area contributed by atoms with Crippen LogP contribution in [-0.2, 0) is 6.61 Å². The van der Waals surface area contributed by atoms with Gasteiger partial charge in [0, 0.05) is 0 Å². The first-order valence-electron chi connectivity index (χ1n) is 4.38. The third-order valence-electron chi connectivity index (χ3n) is 1.40. The van der Waals surface area contributed by atoms with Crippen LogP contribution in [0.1, 0.15) is 5.56 Å². The lowest BCUT2D eigenvalue weighted by Gasteiger charge is -1.89. The molecule has 0 radical (unpaired) electrons. The van der Waals surface area contributed by atoms with Crippen molar-refractivity contribution in [3.8, 4) is 0 Å². The molecular formula is C12H14BrNO. The van der Waals surface area contributed by atoms with Crippen molar-refractivity contribution in [2.75, 3.05) is 0 Å². The summed E-state index contributed by atoms with van der Waals surface area (Å²) in [5.41, 5.74) is 0.965. The molecule has 2 N–H and O–H groups in total. The van der Waals surface area contributed by atoms with Crippen LogP contribution < -0.4 is 0 Å². The summed E-state index contributed by atoms with van der Waals surface area (Å²) in [5, 5.41) is 15.3. The summed E-state index contributed by atoms with van der Waals surface area (Å²) in [4.78, 5) is 0. The second-order valence-electron chi connectivity index (χ2n) is 2.59. The van der Waals surface area contributed by atoms with Gasteiger partial charge in [-0.15, -0.1) is 0 Å². The zero-order valence-corrected chi connectivity index (χ0v) is 9.94. The molecule has 80 valence electrons. The van der Waals surface area contributed by atoms with E-state index in [9.17, 15) is 0 Å². The zero-order valence-electron chi connectivity index (χ0n) is 8.36. The smallest absolute Gasteiger partial charge is 0.0966 e. The van der Waals surface area contributed by atoms with E-state index in [1.165, 1.54) is 0 Å². The van der Waals surface area contributed by atoms with Gasteiger partial charge in [0.1, 0.15) is 0 Å². The van der Waals surface area contributed by atoms with Gasteiger partial charge >= 0.3 is 0 Å². The molecule has 2 nitrogen and oxygen atoms in total. The van der Waals surface area contributed by atoms with Crippen molar-refractivity contribution in [3.63, 3.8) is 0 Å². The number of hydrogen-bond donors (Lipinski definition) is 2. The summed E-state index contributed by atoms with van der Waals surface area (Å²) < 4.78 is 0.368. The topological polar surface area (TPSA) is 44.1 Å². The largest absolute Gasteiger partial charge is 0.392 e. The van der Waals surface area contributed by atoms with Crippen LogP contribution in [0.5, 0.6) is 0 Å². The fourth-order valence-corrected chi connectivity index (χ4v) is 0.889. The quantitative estimate of drug-likeness (QED) is 0.641. The Kier molecular flexibility index (Phi) is 8.63. The number of nitrogens with one attached hydrogen (secondary N) is 1. The van der Waals surface area contributed by atoms with E-state index in [1.807, 2.05) is 30.3 Å². The number of hydrogen-bond acceptors (Lipinski definition) is 2. The van der Waals surface area contributed by atoms with Crippen LogP contribution in [-0.4, -0.2) is 9.73 Å². The van der Waals surface area contributed by atoms with Gasteiger partial charge in [0.2, 0.25) is 0 Å². The molecular weight excluding hydrogens is 254 g/mol. The summed E-state index contributed by atoms with van der Waals surface area (Å²) in [7, 11) is 0. The molecule has 0 aliphatic rings. The van der Waals surface area contributed by atoms with E-state index >= 15 is 0 Å². The van der Waals surface area contributed by atoms with Gasteiger partial charge in [0.25, 0.3) is 0 Å². The Hall–Kier alpha value is -1.19. The highest BCUT2D eigenvalue weighted by molar-refractivity contribution is 9.18. The lowest BCUT2D eigenvalue weighted by molar-refractivity contribution is 0.282. The van der Waals surface area contributed by atoms with Gasteiger partial charge in [-0.2, -0.15) is 0 Å². The van der Waals surface area contributed by atoms with E-state index < -0.39 is 0 Å². The molecule has 0 aliphatic heterocycles.